The number of carbonyl (C=O) groups is 1. The van der Waals surface area contributed by atoms with Crippen LogP contribution < -0.4 is 0 Å². The van der Waals surface area contributed by atoms with Crippen LogP contribution in [0.25, 0.3) is 0 Å². The predicted molar refractivity (Wildman–Crippen MR) is 148 cm³/mol. The maximum absolute atomic E-state index is 13.9. The molecule has 1 saturated heterocycles. The van der Waals surface area contributed by atoms with E-state index >= 15 is 0 Å². The summed E-state index contributed by atoms with van der Waals surface area (Å²) < 4.78 is 13.9. The molecule has 1 saturated carbocycles. The summed E-state index contributed by atoms with van der Waals surface area (Å²) in [5, 5.41) is 0.694. The second-order valence-corrected chi connectivity index (χ2v) is 12.3. The Balaban J connectivity index is 1.14. The van der Waals surface area contributed by atoms with Crippen molar-refractivity contribution in [2.24, 2.45) is 16.8 Å². The number of amides is 1. The molecule has 3 aliphatic carbocycles. The first kappa shape index (κ1) is 25.6. The van der Waals surface area contributed by atoms with Gasteiger partial charge >= 0.3 is 0 Å². The number of nitrogens with zero attached hydrogens (tertiary/aromatic N) is 3. The van der Waals surface area contributed by atoms with Gasteiger partial charge in [-0.25, -0.2) is 4.39 Å². The molecule has 6 aliphatic rings. The largest absolute Gasteiger partial charge is 0.315 e. The molecule has 0 N–H and O–H groups in total. The second kappa shape index (κ2) is 10.8. The van der Waals surface area contributed by atoms with Crippen LogP contribution in [-0.4, -0.2) is 53.0 Å². The Hall–Kier alpha value is -1.69. The van der Waals surface area contributed by atoms with Crippen LogP contribution in [-0.2, 0) is 4.79 Å². The van der Waals surface area contributed by atoms with E-state index in [9.17, 15) is 9.18 Å². The van der Waals surface area contributed by atoms with Gasteiger partial charge < -0.3 is 9.80 Å². The van der Waals surface area contributed by atoms with Crippen molar-refractivity contribution >= 4 is 34.8 Å². The van der Waals surface area contributed by atoms with Gasteiger partial charge in [-0.05, 0) is 92.8 Å². The summed E-state index contributed by atoms with van der Waals surface area (Å²) in [6, 6.07) is 0. The van der Waals surface area contributed by atoms with Crippen molar-refractivity contribution in [1.29, 1.82) is 0 Å². The maximum atomic E-state index is 13.9. The quantitative estimate of drug-likeness (QED) is 0.344. The van der Waals surface area contributed by atoms with Gasteiger partial charge in [-0.2, -0.15) is 0 Å². The van der Waals surface area contributed by atoms with Crippen LogP contribution in [0.4, 0.5) is 4.39 Å². The highest BCUT2D eigenvalue weighted by atomic mass is 35.5. The first-order chi connectivity index (χ1) is 18.0. The third-order valence-electron chi connectivity index (χ3n) is 9.25. The summed E-state index contributed by atoms with van der Waals surface area (Å²) in [6.07, 6.45) is 15.7. The molecule has 0 bridgehead atoms. The minimum absolute atomic E-state index is 0.101. The molecule has 1 amide bonds. The highest BCUT2D eigenvalue weighted by Gasteiger charge is 2.37. The van der Waals surface area contributed by atoms with Gasteiger partial charge in [0.15, 0.2) is 0 Å². The number of hydrogen-bond acceptors (Lipinski definition) is 3. The molecule has 198 valence electrons. The van der Waals surface area contributed by atoms with E-state index in [0.29, 0.717) is 18.2 Å². The van der Waals surface area contributed by atoms with Crippen LogP contribution >= 0.6 is 23.2 Å². The Morgan fingerprint density at radius 3 is 2.62 bits per heavy atom. The van der Waals surface area contributed by atoms with Crippen molar-refractivity contribution in [3.63, 3.8) is 0 Å². The SMILES string of the molecule is O=C(C1CCCC1)N1CCC2=C(Cl)C(Cl)CCC2=C1CCN1CCC(C2=CN=C3CC=C(F)C=C23)CC1. The minimum Gasteiger partial charge on any atom is -0.315 e. The number of fused-ring (bicyclic) bond motifs is 2. The zero-order chi connectivity index (χ0) is 25.5. The van der Waals surface area contributed by atoms with Crippen LogP contribution in [0.2, 0.25) is 0 Å². The van der Waals surface area contributed by atoms with Gasteiger partial charge in [-0.1, -0.05) is 24.4 Å². The summed E-state index contributed by atoms with van der Waals surface area (Å²) in [6.45, 7) is 3.68. The Morgan fingerprint density at radius 2 is 1.84 bits per heavy atom. The monoisotopic (exact) mass is 543 g/mol. The molecule has 4 nitrogen and oxygen atoms in total. The van der Waals surface area contributed by atoms with Crippen LogP contribution in [0.5, 0.6) is 0 Å². The van der Waals surface area contributed by atoms with E-state index in [4.69, 9.17) is 23.2 Å². The molecule has 37 heavy (non-hydrogen) atoms. The number of aliphatic imine (C=N–C) groups is 1. The number of rotatable bonds is 5. The molecular formula is C30H36Cl2FN3O. The van der Waals surface area contributed by atoms with Crippen LogP contribution in [0, 0.1) is 11.8 Å². The average Bonchev–Trinajstić information content (AvgIpc) is 3.60. The van der Waals surface area contributed by atoms with E-state index in [0.717, 1.165) is 93.9 Å². The van der Waals surface area contributed by atoms with E-state index in [-0.39, 0.29) is 17.1 Å². The number of allylic oxidation sites excluding steroid dienone is 7. The molecule has 0 spiro atoms. The van der Waals surface area contributed by atoms with Crippen LogP contribution in [0.15, 0.2) is 62.2 Å². The lowest BCUT2D eigenvalue weighted by Crippen LogP contribution is -2.41. The van der Waals surface area contributed by atoms with Gasteiger partial charge in [0, 0.05) is 54.4 Å². The molecule has 0 radical (unpaired) electrons. The number of halogens is 3. The summed E-state index contributed by atoms with van der Waals surface area (Å²) in [5.74, 6) is 0.791. The fourth-order valence-electron chi connectivity index (χ4n) is 7.14. The van der Waals surface area contributed by atoms with Gasteiger partial charge in [0.05, 0.1) is 11.1 Å². The molecule has 3 heterocycles. The molecule has 0 aromatic heterocycles. The number of piperidine rings is 1. The molecule has 1 unspecified atom stereocenters. The second-order valence-electron chi connectivity index (χ2n) is 11.4. The number of hydrogen-bond donors (Lipinski definition) is 0. The Bertz CT molecular complexity index is 1150. The van der Waals surface area contributed by atoms with Crippen molar-refractivity contribution in [3.8, 4) is 0 Å². The topological polar surface area (TPSA) is 35.9 Å². The summed E-state index contributed by atoms with van der Waals surface area (Å²) in [7, 11) is 0. The molecule has 2 fully saturated rings. The standard InChI is InChI=1S/C30H36Cl2FN3O/c31-26-7-6-22-23(29(26)32)11-16-36(30(37)20-3-1-2-4-20)28(22)12-15-35-13-9-19(10-14-35)25-18-34-27-8-5-21(33)17-24(25)27/h5,17-20,26H,1-4,6-16H2. The molecule has 6 rings (SSSR count). The zero-order valence-corrected chi connectivity index (χ0v) is 23.0. The first-order valence-corrected chi connectivity index (χ1v) is 14.9. The van der Waals surface area contributed by atoms with Crippen molar-refractivity contribution < 1.29 is 9.18 Å². The molecule has 0 aromatic carbocycles. The van der Waals surface area contributed by atoms with Crippen molar-refractivity contribution in [2.75, 3.05) is 26.2 Å². The van der Waals surface area contributed by atoms with E-state index in [2.05, 4.69) is 14.8 Å². The van der Waals surface area contributed by atoms with Gasteiger partial charge in [0.1, 0.15) is 5.83 Å². The molecule has 1 atom stereocenters. The number of carbonyl (C=O) groups excluding carboxylic acids is 1. The third kappa shape index (κ3) is 5.04. The van der Waals surface area contributed by atoms with Crippen molar-refractivity contribution in [3.05, 3.63) is 57.2 Å². The minimum atomic E-state index is -0.144. The van der Waals surface area contributed by atoms with E-state index in [1.54, 1.807) is 12.2 Å². The summed E-state index contributed by atoms with van der Waals surface area (Å²) in [4.78, 5) is 22.8. The number of likely N-dealkylation sites (tertiary alicyclic amines) is 1. The Morgan fingerprint density at radius 1 is 1.05 bits per heavy atom. The molecule has 7 heteroatoms. The lowest BCUT2D eigenvalue weighted by atomic mass is 9.83. The van der Waals surface area contributed by atoms with E-state index in [1.807, 2.05) is 6.20 Å². The summed E-state index contributed by atoms with van der Waals surface area (Å²) >= 11 is 13.2. The summed E-state index contributed by atoms with van der Waals surface area (Å²) in [5.41, 5.74) is 6.92. The van der Waals surface area contributed by atoms with Crippen LogP contribution in [0.3, 0.4) is 0 Å². The Labute approximate surface area is 229 Å². The predicted octanol–water partition coefficient (Wildman–Crippen LogP) is 7.18. The van der Waals surface area contributed by atoms with Gasteiger partial charge in [0.2, 0.25) is 5.91 Å². The Kier molecular flexibility index (Phi) is 7.48. The fraction of sp³-hybridized carbons (Fsp3) is 0.600. The highest BCUT2D eigenvalue weighted by molar-refractivity contribution is 6.38. The lowest BCUT2D eigenvalue weighted by Gasteiger charge is -2.39. The van der Waals surface area contributed by atoms with Crippen molar-refractivity contribution in [2.45, 2.75) is 76.0 Å². The van der Waals surface area contributed by atoms with Gasteiger partial charge in [-0.3, -0.25) is 9.79 Å². The van der Waals surface area contributed by atoms with Gasteiger partial charge in [-0.15, -0.1) is 11.6 Å². The lowest BCUT2D eigenvalue weighted by molar-refractivity contribution is -0.133. The third-order valence-corrected chi connectivity index (χ3v) is 10.3. The van der Waals surface area contributed by atoms with E-state index < -0.39 is 0 Å². The first-order valence-electron chi connectivity index (χ1n) is 14.1. The normalized spacial score (nSPS) is 27.6. The molecular weight excluding hydrogens is 508 g/mol. The highest BCUT2D eigenvalue weighted by Crippen LogP contribution is 2.44. The van der Waals surface area contributed by atoms with E-state index in [1.165, 1.54) is 35.3 Å². The number of alkyl halides is 1. The molecule has 3 aliphatic heterocycles. The zero-order valence-electron chi connectivity index (χ0n) is 21.5. The average molecular weight is 545 g/mol. The maximum Gasteiger partial charge on any atom is 0.229 e. The van der Waals surface area contributed by atoms with Gasteiger partial charge in [0.25, 0.3) is 0 Å². The molecule has 0 aromatic rings. The van der Waals surface area contributed by atoms with Crippen molar-refractivity contribution in [1.82, 2.24) is 9.80 Å². The van der Waals surface area contributed by atoms with Crippen LogP contribution in [0.1, 0.15) is 70.6 Å². The smallest absolute Gasteiger partial charge is 0.229 e. The fourth-order valence-corrected chi connectivity index (χ4v) is 7.70.